The lowest BCUT2D eigenvalue weighted by Gasteiger charge is -2.11. The zero-order valence-corrected chi connectivity index (χ0v) is 27.7. The monoisotopic (exact) mass is 613 g/mol. The molecule has 3 nitrogen and oxygen atoms in total. The van der Waals surface area contributed by atoms with Gasteiger partial charge in [-0.15, -0.1) is 0 Å². The number of aliphatic imine (C=N–C) groups is 2. The van der Waals surface area contributed by atoms with E-state index in [1.807, 2.05) is 7.05 Å². The maximum absolute atomic E-state index is 5.09. The highest BCUT2D eigenvalue weighted by atomic mass is 15.0. The van der Waals surface area contributed by atoms with Gasteiger partial charge in [-0.25, -0.2) is 4.99 Å². The van der Waals surface area contributed by atoms with E-state index in [1.54, 1.807) is 0 Å². The Balaban J connectivity index is 1.30. The second kappa shape index (κ2) is 15.3. The molecular weight excluding hydrogens is 571 g/mol. The Morgan fingerprint density at radius 2 is 1.77 bits per heavy atom. The van der Waals surface area contributed by atoms with Gasteiger partial charge in [-0.2, -0.15) is 0 Å². The SMILES string of the molecule is CC/C=C\C=C(/C)C(/C=C/c1cccc(-c2ccc(-n3c4c(c5ccccc53)C=CCC=C4)cc2)c1)=N/C(=N\C)C1=CC=CCCC1. The molecular formula is C44H43N3. The van der Waals surface area contributed by atoms with E-state index in [1.165, 1.54) is 38.9 Å². The summed E-state index contributed by atoms with van der Waals surface area (Å²) in [6.45, 7) is 4.27. The number of fused-ring (bicyclic) bond motifs is 3. The fourth-order valence-corrected chi connectivity index (χ4v) is 6.18. The first-order valence-corrected chi connectivity index (χ1v) is 16.8. The molecule has 0 radical (unpaired) electrons. The number of allylic oxidation sites excluding steroid dienone is 10. The van der Waals surface area contributed by atoms with Crippen molar-refractivity contribution in [1.29, 1.82) is 0 Å². The van der Waals surface area contributed by atoms with Crippen LogP contribution in [0.25, 0.3) is 45.9 Å². The van der Waals surface area contributed by atoms with Gasteiger partial charge >= 0.3 is 0 Å². The molecule has 0 amide bonds. The average molecular weight is 614 g/mol. The lowest BCUT2D eigenvalue weighted by atomic mass is 10.0. The lowest BCUT2D eigenvalue weighted by molar-refractivity contribution is 0.859. The van der Waals surface area contributed by atoms with E-state index in [2.05, 4.69) is 169 Å². The number of para-hydroxylation sites is 1. The molecule has 0 aliphatic heterocycles. The number of rotatable bonds is 8. The first-order valence-electron chi connectivity index (χ1n) is 16.8. The summed E-state index contributed by atoms with van der Waals surface area (Å²) in [4.78, 5) is 9.68. The number of benzene rings is 3. The maximum atomic E-state index is 5.09. The highest BCUT2D eigenvalue weighted by molar-refractivity contribution is 6.17. The maximum Gasteiger partial charge on any atom is 0.150 e. The van der Waals surface area contributed by atoms with Gasteiger partial charge in [0.2, 0.25) is 0 Å². The third-order valence-corrected chi connectivity index (χ3v) is 8.66. The molecule has 0 saturated heterocycles. The van der Waals surface area contributed by atoms with E-state index in [0.717, 1.165) is 60.5 Å². The summed E-state index contributed by atoms with van der Waals surface area (Å²) in [5.41, 5.74) is 11.6. The fraction of sp³-hybridized carbons (Fsp3) is 0.182. The normalized spacial score (nSPS) is 15.8. The van der Waals surface area contributed by atoms with Crippen LogP contribution in [0, 0.1) is 0 Å². The summed E-state index contributed by atoms with van der Waals surface area (Å²) < 4.78 is 2.38. The molecule has 0 bridgehead atoms. The predicted octanol–water partition coefficient (Wildman–Crippen LogP) is 11.8. The summed E-state index contributed by atoms with van der Waals surface area (Å²) in [5, 5.41) is 1.28. The summed E-state index contributed by atoms with van der Waals surface area (Å²) in [6.07, 6.45) is 31.3. The van der Waals surface area contributed by atoms with Crippen molar-refractivity contribution in [3.8, 4) is 16.8 Å². The van der Waals surface area contributed by atoms with E-state index < -0.39 is 0 Å². The number of nitrogens with zero attached hydrogens (tertiary/aromatic N) is 3. The van der Waals surface area contributed by atoms with Gasteiger partial charge < -0.3 is 4.57 Å². The van der Waals surface area contributed by atoms with Gasteiger partial charge in [0.05, 0.1) is 16.9 Å². The van der Waals surface area contributed by atoms with Crippen LogP contribution in [0.2, 0.25) is 0 Å². The largest absolute Gasteiger partial charge is 0.309 e. The van der Waals surface area contributed by atoms with Crippen LogP contribution in [0.5, 0.6) is 0 Å². The molecule has 4 aromatic rings. The minimum absolute atomic E-state index is 0.802. The molecule has 0 fully saturated rings. The topological polar surface area (TPSA) is 29.6 Å². The van der Waals surface area contributed by atoms with Gasteiger partial charge in [-0.05, 0) is 103 Å². The van der Waals surface area contributed by atoms with Crippen LogP contribution in [0.3, 0.4) is 0 Å². The Bertz CT molecular complexity index is 2010. The van der Waals surface area contributed by atoms with Gasteiger partial charge in [-0.1, -0.05) is 116 Å². The Morgan fingerprint density at radius 1 is 0.915 bits per heavy atom. The van der Waals surface area contributed by atoms with Crippen LogP contribution in [0.4, 0.5) is 0 Å². The van der Waals surface area contributed by atoms with Crippen molar-refractivity contribution >= 4 is 40.7 Å². The fourth-order valence-electron chi connectivity index (χ4n) is 6.18. The number of hydrogen-bond donors (Lipinski definition) is 0. The molecule has 0 saturated carbocycles. The molecule has 0 atom stereocenters. The molecule has 0 spiro atoms. The lowest BCUT2D eigenvalue weighted by Crippen LogP contribution is -2.06. The van der Waals surface area contributed by atoms with Crippen LogP contribution >= 0.6 is 0 Å². The van der Waals surface area contributed by atoms with Crippen LogP contribution in [0.15, 0.2) is 149 Å². The highest BCUT2D eigenvalue weighted by Gasteiger charge is 2.16. The number of aromatic nitrogens is 1. The minimum atomic E-state index is 0.802. The highest BCUT2D eigenvalue weighted by Crippen LogP contribution is 2.34. The molecule has 0 N–H and O–H groups in total. The smallest absolute Gasteiger partial charge is 0.150 e. The van der Waals surface area contributed by atoms with Crippen molar-refractivity contribution in [3.05, 3.63) is 155 Å². The van der Waals surface area contributed by atoms with Crippen LogP contribution < -0.4 is 0 Å². The first kappa shape index (κ1) is 31.7. The van der Waals surface area contributed by atoms with Gasteiger partial charge in [0, 0.05) is 23.7 Å². The van der Waals surface area contributed by atoms with Gasteiger partial charge in [0.15, 0.2) is 5.84 Å². The van der Waals surface area contributed by atoms with E-state index in [0.29, 0.717) is 0 Å². The van der Waals surface area contributed by atoms with Crippen LogP contribution in [0.1, 0.15) is 62.8 Å². The molecule has 3 heteroatoms. The van der Waals surface area contributed by atoms with Crippen molar-refractivity contribution in [3.63, 3.8) is 0 Å². The van der Waals surface area contributed by atoms with E-state index in [9.17, 15) is 0 Å². The predicted molar refractivity (Wildman–Crippen MR) is 205 cm³/mol. The summed E-state index contributed by atoms with van der Waals surface area (Å²) >= 11 is 0. The minimum Gasteiger partial charge on any atom is -0.309 e. The molecule has 1 aromatic heterocycles. The first-order chi connectivity index (χ1) is 23.2. The Morgan fingerprint density at radius 3 is 2.62 bits per heavy atom. The van der Waals surface area contributed by atoms with E-state index in [4.69, 9.17) is 4.99 Å². The molecule has 6 rings (SSSR count). The van der Waals surface area contributed by atoms with E-state index >= 15 is 0 Å². The molecule has 0 unspecified atom stereocenters. The van der Waals surface area contributed by atoms with Gasteiger partial charge in [0.25, 0.3) is 0 Å². The Hall–Kier alpha value is -5.28. The standard InChI is InChI=1S/C44H43N3/c1-4-5-9-17-33(2)41(46-44(45-3)36-19-10-6-7-11-20-36)31-26-34-18-16-21-37(32-34)35-27-29-38(30-28-35)47-42-24-13-8-12-22-39(42)40-23-14-15-25-43(40)47/h5-6,9-10,12-19,21-32H,4,7-8,11,20H2,1-3H3/b9-5-,31-26+,33-17+,45-44-,46-41+. The molecule has 3 aromatic carbocycles. The quantitative estimate of drug-likeness (QED) is 0.107. The molecule has 1 heterocycles. The summed E-state index contributed by atoms with van der Waals surface area (Å²) in [7, 11) is 1.84. The second-order valence-electron chi connectivity index (χ2n) is 11.9. The zero-order valence-electron chi connectivity index (χ0n) is 27.7. The molecule has 234 valence electrons. The summed E-state index contributed by atoms with van der Waals surface area (Å²) in [5.74, 6) is 0.802. The molecule has 47 heavy (non-hydrogen) atoms. The van der Waals surface area contributed by atoms with Gasteiger partial charge in [0.1, 0.15) is 0 Å². The van der Waals surface area contributed by atoms with Crippen LogP contribution in [-0.4, -0.2) is 23.2 Å². The zero-order chi connectivity index (χ0) is 32.4. The number of amidine groups is 1. The Kier molecular flexibility index (Phi) is 10.3. The third kappa shape index (κ3) is 7.42. The summed E-state index contributed by atoms with van der Waals surface area (Å²) in [6, 6.07) is 26.3. The van der Waals surface area contributed by atoms with Crippen LogP contribution in [-0.2, 0) is 0 Å². The average Bonchev–Trinajstić information content (AvgIpc) is 3.34. The Labute approximate surface area is 279 Å². The van der Waals surface area contributed by atoms with E-state index in [-0.39, 0.29) is 0 Å². The third-order valence-electron chi connectivity index (χ3n) is 8.66. The van der Waals surface area contributed by atoms with Crippen molar-refractivity contribution in [2.75, 3.05) is 7.05 Å². The van der Waals surface area contributed by atoms with Crippen molar-refractivity contribution in [1.82, 2.24) is 4.57 Å². The second-order valence-corrected chi connectivity index (χ2v) is 11.9. The molecule has 2 aliphatic rings. The van der Waals surface area contributed by atoms with Crippen molar-refractivity contribution in [2.45, 2.75) is 46.0 Å². The van der Waals surface area contributed by atoms with Gasteiger partial charge in [-0.3, -0.25) is 4.99 Å². The van der Waals surface area contributed by atoms with Crippen molar-refractivity contribution in [2.24, 2.45) is 9.98 Å². The van der Waals surface area contributed by atoms with Crippen molar-refractivity contribution < 1.29 is 0 Å². The molecule has 2 aliphatic carbocycles. The number of hydrogen-bond acceptors (Lipinski definition) is 1.